The molecule has 0 aromatic heterocycles. The fraction of sp³-hybridized carbons (Fsp3) is 0.333. The van der Waals surface area contributed by atoms with Gasteiger partial charge in [0.05, 0.1) is 0 Å². The van der Waals surface area contributed by atoms with E-state index in [9.17, 15) is 4.79 Å². The lowest BCUT2D eigenvalue weighted by Gasteiger charge is -2.21. The van der Waals surface area contributed by atoms with Gasteiger partial charge < -0.3 is 0 Å². The molecule has 0 atom stereocenters. The molecule has 4 heteroatoms. The number of para-hydroxylation sites is 1. The smallest absolute Gasteiger partial charge is 0.294 e. The molecule has 87 valence electrons. The van der Waals surface area contributed by atoms with Crippen molar-refractivity contribution in [1.29, 1.82) is 0 Å². The van der Waals surface area contributed by atoms with Gasteiger partial charge in [0.2, 0.25) is 0 Å². The molecule has 0 saturated carbocycles. The summed E-state index contributed by atoms with van der Waals surface area (Å²) in [4.78, 5) is 13.4. The minimum Gasteiger partial charge on any atom is -0.294 e. The van der Waals surface area contributed by atoms with Crippen LogP contribution in [0, 0.1) is 6.92 Å². The number of carbonyl (C=O) groups is 1. The molecular weight excluding hydrogens is 220 g/mol. The number of amides is 2. The molecule has 16 heavy (non-hydrogen) atoms. The predicted octanol–water partition coefficient (Wildman–Crippen LogP) is 3.09. The molecule has 0 fully saturated rings. The largest absolute Gasteiger partial charge is 0.331 e. The van der Waals surface area contributed by atoms with E-state index >= 15 is 0 Å². The molecule has 1 N–H and O–H groups in total. The highest BCUT2D eigenvalue weighted by atomic mass is 32.2. The van der Waals surface area contributed by atoms with Crippen LogP contribution in [0.3, 0.4) is 0 Å². The van der Waals surface area contributed by atoms with Gasteiger partial charge in [-0.25, -0.2) is 4.79 Å². The Morgan fingerprint density at radius 2 is 2.06 bits per heavy atom. The lowest BCUT2D eigenvalue weighted by molar-refractivity contribution is 0.252. The highest BCUT2D eigenvalue weighted by Gasteiger charge is 2.13. The highest BCUT2D eigenvalue weighted by Crippen LogP contribution is 2.14. The summed E-state index contributed by atoms with van der Waals surface area (Å²) >= 11 is 1.41. The lowest BCUT2D eigenvalue weighted by Crippen LogP contribution is -2.37. The average molecular weight is 237 g/mol. The Bertz CT molecular complexity index is 327. The molecule has 1 rings (SSSR count). The first kappa shape index (κ1) is 12.9. The van der Waals surface area contributed by atoms with E-state index in [1.54, 1.807) is 4.90 Å². The van der Waals surface area contributed by atoms with Crippen molar-refractivity contribution in [1.82, 2.24) is 4.72 Å². The third kappa shape index (κ3) is 3.77. The lowest BCUT2D eigenvalue weighted by atomic mass is 10.3. The SMILES string of the molecule is [CH2]CN(C(=O)NSC(C)C)c1ccccc1. The van der Waals surface area contributed by atoms with Crippen molar-refractivity contribution in [2.45, 2.75) is 19.1 Å². The quantitative estimate of drug-likeness (QED) is 0.816. The minimum absolute atomic E-state index is 0.125. The van der Waals surface area contributed by atoms with Gasteiger partial charge in [-0.2, -0.15) is 0 Å². The Morgan fingerprint density at radius 1 is 1.44 bits per heavy atom. The first-order valence-corrected chi connectivity index (χ1v) is 6.10. The van der Waals surface area contributed by atoms with E-state index in [0.717, 1.165) is 5.69 Å². The van der Waals surface area contributed by atoms with Crippen LogP contribution in [0.15, 0.2) is 30.3 Å². The number of nitrogens with one attached hydrogen (secondary N) is 1. The third-order valence-corrected chi connectivity index (χ3v) is 2.68. The summed E-state index contributed by atoms with van der Waals surface area (Å²) < 4.78 is 2.80. The molecule has 0 heterocycles. The molecule has 2 amide bonds. The Morgan fingerprint density at radius 3 is 2.56 bits per heavy atom. The second-order valence-electron chi connectivity index (χ2n) is 3.56. The summed E-state index contributed by atoms with van der Waals surface area (Å²) in [7, 11) is 0. The van der Waals surface area contributed by atoms with E-state index in [-0.39, 0.29) is 6.03 Å². The maximum Gasteiger partial charge on any atom is 0.331 e. The summed E-state index contributed by atoms with van der Waals surface area (Å²) in [6, 6.07) is 9.39. The van der Waals surface area contributed by atoms with Gasteiger partial charge in [0.1, 0.15) is 0 Å². The van der Waals surface area contributed by atoms with Crippen LogP contribution in [0.5, 0.6) is 0 Å². The van der Waals surface area contributed by atoms with Crippen LogP contribution < -0.4 is 9.62 Å². The molecule has 1 radical (unpaired) electrons. The number of anilines is 1. The molecule has 0 spiro atoms. The van der Waals surface area contributed by atoms with Gasteiger partial charge in [-0.05, 0) is 31.0 Å². The van der Waals surface area contributed by atoms with Crippen LogP contribution in [0.25, 0.3) is 0 Å². The van der Waals surface area contributed by atoms with Gasteiger partial charge in [-0.15, -0.1) is 0 Å². The summed E-state index contributed by atoms with van der Waals surface area (Å²) in [5, 5.41) is 0.367. The molecule has 0 aliphatic carbocycles. The second kappa shape index (κ2) is 6.43. The number of nitrogens with zero attached hydrogens (tertiary/aromatic N) is 1. The van der Waals surface area contributed by atoms with E-state index < -0.39 is 0 Å². The summed E-state index contributed by atoms with van der Waals surface area (Å²) in [5.41, 5.74) is 0.861. The average Bonchev–Trinajstić information content (AvgIpc) is 2.29. The van der Waals surface area contributed by atoms with Crippen LogP contribution in [-0.2, 0) is 0 Å². The molecule has 3 nitrogen and oxygen atoms in total. The molecule has 0 bridgehead atoms. The van der Waals surface area contributed by atoms with Crippen LogP contribution in [-0.4, -0.2) is 17.8 Å². The third-order valence-electron chi connectivity index (χ3n) is 1.92. The van der Waals surface area contributed by atoms with E-state index in [4.69, 9.17) is 0 Å². The standard InChI is InChI=1S/C12H17N2OS/c1-4-14(11-8-6-5-7-9-11)12(15)13-16-10(2)3/h5-10H,1,4H2,2-3H3,(H,13,15). The van der Waals surface area contributed by atoms with Gasteiger partial charge in [0, 0.05) is 17.5 Å². The molecule has 0 aliphatic heterocycles. The molecule has 1 aromatic rings. The Labute approximate surface area is 101 Å². The van der Waals surface area contributed by atoms with E-state index in [1.807, 2.05) is 44.2 Å². The van der Waals surface area contributed by atoms with Crippen LogP contribution in [0.1, 0.15) is 13.8 Å². The molecule has 0 saturated heterocycles. The van der Waals surface area contributed by atoms with Gasteiger partial charge in [-0.3, -0.25) is 9.62 Å². The van der Waals surface area contributed by atoms with E-state index in [1.165, 1.54) is 11.9 Å². The van der Waals surface area contributed by atoms with Crippen molar-refractivity contribution in [3.05, 3.63) is 37.3 Å². The number of carbonyl (C=O) groups excluding carboxylic acids is 1. The number of urea groups is 1. The molecule has 1 aromatic carbocycles. The Hall–Kier alpha value is -1.16. The van der Waals surface area contributed by atoms with Crippen molar-refractivity contribution in [3.8, 4) is 0 Å². The zero-order chi connectivity index (χ0) is 12.0. The summed E-state index contributed by atoms with van der Waals surface area (Å²) in [5.74, 6) is 0. The fourth-order valence-electron chi connectivity index (χ4n) is 1.18. The minimum atomic E-state index is -0.125. The first-order chi connectivity index (χ1) is 7.65. The normalized spacial score (nSPS) is 10.2. The summed E-state index contributed by atoms with van der Waals surface area (Å²) in [6.45, 7) is 8.24. The first-order valence-electron chi connectivity index (χ1n) is 5.22. The Kier molecular flexibility index (Phi) is 5.19. The van der Waals surface area contributed by atoms with Crippen molar-refractivity contribution in [2.75, 3.05) is 11.4 Å². The summed E-state index contributed by atoms with van der Waals surface area (Å²) in [6.07, 6.45) is 0. The van der Waals surface area contributed by atoms with E-state index in [2.05, 4.69) is 11.6 Å². The molecule has 0 aliphatic rings. The van der Waals surface area contributed by atoms with Gasteiger partial charge in [-0.1, -0.05) is 32.0 Å². The van der Waals surface area contributed by atoms with Crippen LogP contribution in [0.4, 0.5) is 10.5 Å². The van der Waals surface area contributed by atoms with Crippen molar-refractivity contribution < 1.29 is 4.79 Å². The van der Waals surface area contributed by atoms with Gasteiger partial charge >= 0.3 is 6.03 Å². The fourth-order valence-corrected chi connectivity index (χ4v) is 1.63. The number of rotatable bonds is 4. The second-order valence-corrected chi connectivity index (χ2v) is 4.94. The number of benzene rings is 1. The zero-order valence-corrected chi connectivity index (χ0v) is 10.5. The zero-order valence-electron chi connectivity index (χ0n) is 9.64. The maximum absolute atomic E-state index is 11.8. The van der Waals surface area contributed by atoms with E-state index in [0.29, 0.717) is 11.8 Å². The number of hydrogen-bond acceptors (Lipinski definition) is 2. The maximum atomic E-state index is 11.8. The van der Waals surface area contributed by atoms with Crippen molar-refractivity contribution in [3.63, 3.8) is 0 Å². The van der Waals surface area contributed by atoms with Crippen LogP contribution in [0.2, 0.25) is 0 Å². The topological polar surface area (TPSA) is 32.3 Å². The van der Waals surface area contributed by atoms with Gasteiger partial charge in [0.25, 0.3) is 0 Å². The molecular formula is C12H17N2OS. The van der Waals surface area contributed by atoms with Crippen molar-refractivity contribution >= 4 is 23.7 Å². The van der Waals surface area contributed by atoms with Gasteiger partial charge in [0.15, 0.2) is 0 Å². The Balaban J connectivity index is 2.64. The van der Waals surface area contributed by atoms with Crippen LogP contribution >= 0.6 is 11.9 Å². The van der Waals surface area contributed by atoms with Crippen molar-refractivity contribution in [2.24, 2.45) is 0 Å². The predicted molar refractivity (Wildman–Crippen MR) is 70.4 cm³/mol. The highest BCUT2D eigenvalue weighted by molar-refractivity contribution is 7.98. The number of hydrogen-bond donors (Lipinski definition) is 1. The molecule has 0 unspecified atom stereocenters. The monoisotopic (exact) mass is 237 g/mol.